The molecular formula is C12H12N2O. The predicted octanol–water partition coefficient (Wildman–Crippen LogP) is 2.22. The van der Waals surface area contributed by atoms with Crippen molar-refractivity contribution in [1.29, 1.82) is 0 Å². The second kappa shape index (κ2) is 3.53. The number of phenolic OH excluding ortho intramolecular Hbond substituents is 1. The molecule has 0 fully saturated rings. The Balaban J connectivity index is 2.60. The molecule has 0 atom stereocenters. The second-order valence-corrected chi connectivity index (χ2v) is 3.36. The van der Waals surface area contributed by atoms with Crippen LogP contribution in [0.4, 0.5) is 11.4 Å². The summed E-state index contributed by atoms with van der Waals surface area (Å²) in [6, 6.07) is 12.4. The lowest BCUT2D eigenvalue weighted by atomic mass is 10.0. The standard InChI is InChI=1S/C12H12N2O/c13-11-4-2-1-3-9(11)10-6-5-8(15)7-12(10)14/h1-7,15H,13-14H2. The van der Waals surface area contributed by atoms with E-state index in [1.165, 1.54) is 6.07 Å². The molecule has 0 heterocycles. The van der Waals surface area contributed by atoms with Gasteiger partial charge in [-0.25, -0.2) is 0 Å². The van der Waals surface area contributed by atoms with Gasteiger partial charge in [0.1, 0.15) is 5.75 Å². The summed E-state index contributed by atoms with van der Waals surface area (Å²) < 4.78 is 0. The van der Waals surface area contributed by atoms with Crippen molar-refractivity contribution in [2.75, 3.05) is 11.5 Å². The largest absolute Gasteiger partial charge is 0.508 e. The number of hydrogen-bond acceptors (Lipinski definition) is 3. The van der Waals surface area contributed by atoms with Gasteiger partial charge in [0.2, 0.25) is 0 Å². The maximum absolute atomic E-state index is 9.24. The van der Waals surface area contributed by atoms with Crippen molar-refractivity contribution in [1.82, 2.24) is 0 Å². The zero-order chi connectivity index (χ0) is 10.8. The number of nitrogen functional groups attached to an aromatic ring is 2. The fraction of sp³-hybridized carbons (Fsp3) is 0. The molecule has 0 amide bonds. The lowest BCUT2D eigenvalue weighted by molar-refractivity contribution is 0.476. The Labute approximate surface area is 88.0 Å². The molecule has 0 aliphatic heterocycles. The van der Waals surface area contributed by atoms with Crippen LogP contribution in [0.1, 0.15) is 0 Å². The molecule has 3 heteroatoms. The Bertz CT molecular complexity index is 495. The highest BCUT2D eigenvalue weighted by Gasteiger charge is 2.05. The van der Waals surface area contributed by atoms with Crippen LogP contribution in [0.5, 0.6) is 5.75 Å². The van der Waals surface area contributed by atoms with E-state index in [4.69, 9.17) is 11.5 Å². The molecule has 76 valence electrons. The number of phenols is 1. The minimum absolute atomic E-state index is 0.158. The summed E-state index contributed by atoms with van der Waals surface area (Å²) in [5, 5.41) is 9.24. The number of benzene rings is 2. The summed E-state index contributed by atoms with van der Waals surface area (Å²) in [5.41, 5.74) is 14.6. The van der Waals surface area contributed by atoms with E-state index in [2.05, 4.69) is 0 Å². The summed E-state index contributed by atoms with van der Waals surface area (Å²) in [5.74, 6) is 0.158. The molecule has 0 spiro atoms. The van der Waals surface area contributed by atoms with Crippen molar-refractivity contribution >= 4 is 11.4 Å². The van der Waals surface area contributed by atoms with Gasteiger partial charge in [-0.15, -0.1) is 0 Å². The van der Waals surface area contributed by atoms with Crippen molar-refractivity contribution in [3.8, 4) is 16.9 Å². The lowest BCUT2D eigenvalue weighted by Crippen LogP contribution is -1.93. The molecule has 0 aromatic heterocycles. The number of aromatic hydroxyl groups is 1. The minimum Gasteiger partial charge on any atom is -0.508 e. The highest BCUT2D eigenvalue weighted by Crippen LogP contribution is 2.32. The van der Waals surface area contributed by atoms with Crippen LogP contribution in [-0.2, 0) is 0 Å². The first-order chi connectivity index (χ1) is 7.18. The summed E-state index contributed by atoms with van der Waals surface area (Å²) in [6.07, 6.45) is 0. The van der Waals surface area contributed by atoms with E-state index in [9.17, 15) is 5.11 Å². The zero-order valence-electron chi connectivity index (χ0n) is 8.14. The van der Waals surface area contributed by atoms with E-state index in [1.54, 1.807) is 12.1 Å². The van der Waals surface area contributed by atoms with E-state index in [-0.39, 0.29) is 5.75 Å². The Kier molecular flexibility index (Phi) is 2.21. The van der Waals surface area contributed by atoms with Crippen LogP contribution in [0.15, 0.2) is 42.5 Å². The molecule has 0 bridgehead atoms. The third-order valence-electron chi connectivity index (χ3n) is 2.29. The van der Waals surface area contributed by atoms with Crippen molar-refractivity contribution < 1.29 is 5.11 Å². The zero-order valence-corrected chi connectivity index (χ0v) is 8.14. The van der Waals surface area contributed by atoms with Crippen LogP contribution in [0, 0.1) is 0 Å². The topological polar surface area (TPSA) is 72.3 Å². The number of hydrogen-bond donors (Lipinski definition) is 3. The number of para-hydroxylation sites is 1. The van der Waals surface area contributed by atoms with Gasteiger partial charge >= 0.3 is 0 Å². The number of nitrogens with two attached hydrogens (primary N) is 2. The first kappa shape index (κ1) is 9.40. The highest BCUT2D eigenvalue weighted by atomic mass is 16.3. The molecule has 0 aliphatic rings. The molecular weight excluding hydrogens is 188 g/mol. The van der Waals surface area contributed by atoms with Gasteiger partial charge in [0.15, 0.2) is 0 Å². The molecule has 0 radical (unpaired) electrons. The number of rotatable bonds is 1. The Morgan fingerprint density at radius 1 is 0.800 bits per heavy atom. The molecule has 0 saturated heterocycles. The molecule has 15 heavy (non-hydrogen) atoms. The third kappa shape index (κ3) is 1.72. The molecule has 0 saturated carbocycles. The maximum atomic E-state index is 9.24. The van der Waals surface area contributed by atoms with Crippen LogP contribution in [0.2, 0.25) is 0 Å². The first-order valence-electron chi connectivity index (χ1n) is 4.62. The van der Waals surface area contributed by atoms with Gasteiger partial charge in [-0.1, -0.05) is 18.2 Å². The van der Waals surface area contributed by atoms with Crippen LogP contribution >= 0.6 is 0 Å². The Morgan fingerprint density at radius 3 is 2.13 bits per heavy atom. The van der Waals surface area contributed by atoms with Crippen molar-refractivity contribution in [3.63, 3.8) is 0 Å². The summed E-state index contributed by atoms with van der Waals surface area (Å²) in [6.45, 7) is 0. The number of anilines is 2. The highest BCUT2D eigenvalue weighted by molar-refractivity contribution is 5.84. The predicted molar refractivity (Wildman–Crippen MR) is 62.4 cm³/mol. The monoisotopic (exact) mass is 200 g/mol. The average molecular weight is 200 g/mol. The van der Waals surface area contributed by atoms with Gasteiger partial charge in [-0.2, -0.15) is 0 Å². The van der Waals surface area contributed by atoms with E-state index >= 15 is 0 Å². The molecule has 0 aliphatic carbocycles. The van der Waals surface area contributed by atoms with Crippen molar-refractivity contribution in [2.45, 2.75) is 0 Å². The molecule has 0 unspecified atom stereocenters. The minimum atomic E-state index is 0.158. The summed E-state index contributed by atoms with van der Waals surface area (Å²) in [7, 11) is 0. The smallest absolute Gasteiger partial charge is 0.117 e. The molecule has 2 aromatic carbocycles. The fourth-order valence-electron chi connectivity index (χ4n) is 1.54. The van der Waals surface area contributed by atoms with Gasteiger partial charge < -0.3 is 16.6 Å². The fourth-order valence-corrected chi connectivity index (χ4v) is 1.54. The molecule has 2 aromatic rings. The van der Waals surface area contributed by atoms with Gasteiger partial charge in [-0.3, -0.25) is 0 Å². The SMILES string of the molecule is Nc1ccccc1-c1ccc(O)cc1N. The van der Waals surface area contributed by atoms with Crippen molar-refractivity contribution in [2.24, 2.45) is 0 Å². The quantitative estimate of drug-likeness (QED) is 0.618. The van der Waals surface area contributed by atoms with Gasteiger partial charge in [-0.05, 0) is 18.2 Å². The van der Waals surface area contributed by atoms with Crippen molar-refractivity contribution in [3.05, 3.63) is 42.5 Å². The van der Waals surface area contributed by atoms with E-state index < -0.39 is 0 Å². The molecule has 3 nitrogen and oxygen atoms in total. The maximum Gasteiger partial charge on any atom is 0.117 e. The van der Waals surface area contributed by atoms with Gasteiger partial charge in [0, 0.05) is 28.6 Å². The van der Waals surface area contributed by atoms with Gasteiger partial charge in [0.25, 0.3) is 0 Å². The van der Waals surface area contributed by atoms with Crippen LogP contribution in [-0.4, -0.2) is 5.11 Å². The van der Waals surface area contributed by atoms with Gasteiger partial charge in [0.05, 0.1) is 0 Å². The summed E-state index contributed by atoms with van der Waals surface area (Å²) in [4.78, 5) is 0. The third-order valence-corrected chi connectivity index (χ3v) is 2.29. The Morgan fingerprint density at radius 2 is 1.47 bits per heavy atom. The second-order valence-electron chi connectivity index (χ2n) is 3.36. The first-order valence-corrected chi connectivity index (χ1v) is 4.62. The van der Waals surface area contributed by atoms with Crippen LogP contribution in [0.25, 0.3) is 11.1 Å². The summed E-state index contributed by atoms with van der Waals surface area (Å²) >= 11 is 0. The van der Waals surface area contributed by atoms with Crippen LogP contribution < -0.4 is 11.5 Å². The normalized spacial score (nSPS) is 10.1. The van der Waals surface area contributed by atoms with E-state index in [0.717, 1.165) is 11.1 Å². The molecule has 5 N–H and O–H groups in total. The lowest BCUT2D eigenvalue weighted by Gasteiger charge is -2.08. The van der Waals surface area contributed by atoms with E-state index in [1.807, 2.05) is 24.3 Å². The molecule has 2 rings (SSSR count). The van der Waals surface area contributed by atoms with Crippen LogP contribution in [0.3, 0.4) is 0 Å². The van der Waals surface area contributed by atoms with E-state index in [0.29, 0.717) is 11.4 Å². The average Bonchev–Trinajstić information content (AvgIpc) is 2.20. The Hall–Kier alpha value is -2.16.